The van der Waals surface area contributed by atoms with Crippen LogP contribution in [0.5, 0.6) is 5.75 Å². The molecule has 0 aliphatic rings. The van der Waals surface area contributed by atoms with Gasteiger partial charge in [0.1, 0.15) is 12.4 Å². The first-order chi connectivity index (χ1) is 10.1. The summed E-state index contributed by atoms with van der Waals surface area (Å²) in [5.41, 5.74) is 4.59. The van der Waals surface area contributed by atoms with Gasteiger partial charge in [0.05, 0.1) is 0 Å². The number of hydrogen-bond donors (Lipinski definition) is 1. The predicted molar refractivity (Wildman–Crippen MR) is 89.0 cm³/mol. The van der Waals surface area contributed by atoms with E-state index in [0.717, 1.165) is 17.0 Å². The van der Waals surface area contributed by atoms with Gasteiger partial charge in [-0.2, -0.15) is 0 Å². The molecule has 0 atom stereocenters. The third kappa shape index (κ3) is 4.18. The molecule has 0 aromatic heterocycles. The van der Waals surface area contributed by atoms with E-state index >= 15 is 0 Å². The van der Waals surface area contributed by atoms with Crippen molar-refractivity contribution in [1.82, 2.24) is 0 Å². The lowest BCUT2D eigenvalue weighted by Crippen LogP contribution is -2.04. The molecule has 0 aliphatic heterocycles. The van der Waals surface area contributed by atoms with Crippen LogP contribution in [0.4, 0.5) is 5.69 Å². The van der Waals surface area contributed by atoms with E-state index in [4.69, 9.17) is 22.8 Å². The first kappa shape index (κ1) is 15.3. The van der Waals surface area contributed by atoms with Gasteiger partial charge in [-0.15, -0.1) is 6.42 Å². The van der Waals surface area contributed by atoms with Gasteiger partial charge in [0.2, 0.25) is 0 Å². The Labute approximate surface area is 131 Å². The Morgan fingerprint density at radius 1 is 1.14 bits per heavy atom. The third-order valence-corrected chi connectivity index (χ3v) is 3.56. The van der Waals surface area contributed by atoms with Gasteiger partial charge in [-0.1, -0.05) is 23.6 Å². The van der Waals surface area contributed by atoms with Crippen LogP contribution in [0.1, 0.15) is 16.7 Å². The molecule has 2 aromatic carbocycles. The second-order valence-corrected chi connectivity index (χ2v) is 5.33. The summed E-state index contributed by atoms with van der Waals surface area (Å²) in [6.07, 6.45) is 5.24. The lowest BCUT2D eigenvalue weighted by Gasteiger charge is -2.13. The van der Waals surface area contributed by atoms with Crippen molar-refractivity contribution < 1.29 is 4.74 Å². The molecule has 0 radical (unpaired) electrons. The number of halogens is 1. The Morgan fingerprint density at radius 2 is 1.95 bits per heavy atom. The van der Waals surface area contributed by atoms with Crippen molar-refractivity contribution in [3.8, 4) is 18.1 Å². The number of hydrogen-bond acceptors (Lipinski definition) is 2. The molecule has 0 amide bonds. The maximum Gasteiger partial charge on any atom is 0.148 e. The number of nitrogens with one attached hydrogen (secondary N) is 1. The smallest absolute Gasteiger partial charge is 0.148 e. The van der Waals surface area contributed by atoms with Gasteiger partial charge in [0, 0.05) is 22.8 Å². The number of benzene rings is 2. The monoisotopic (exact) mass is 299 g/mol. The van der Waals surface area contributed by atoms with E-state index in [1.807, 2.05) is 12.1 Å². The zero-order valence-electron chi connectivity index (χ0n) is 12.2. The lowest BCUT2D eigenvalue weighted by atomic mass is 10.1. The third-order valence-electron chi connectivity index (χ3n) is 3.32. The highest BCUT2D eigenvalue weighted by atomic mass is 35.5. The largest absolute Gasteiger partial charge is 0.481 e. The van der Waals surface area contributed by atoms with Crippen molar-refractivity contribution in [3.63, 3.8) is 0 Å². The Balaban J connectivity index is 2.13. The quantitative estimate of drug-likeness (QED) is 0.816. The van der Waals surface area contributed by atoms with Gasteiger partial charge in [-0.05, 0) is 55.3 Å². The van der Waals surface area contributed by atoms with Gasteiger partial charge < -0.3 is 10.1 Å². The van der Waals surface area contributed by atoms with Crippen molar-refractivity contribution >= 4 is 17.3 Å². The summed E-state index contributed by atoms with van der Waals surface area (Å²) >= 11 is 6.05. The van der Waals surface area contributed by atoms with E-state index in [1.165, 1.54) is 11.1 Å². The van der Waals surface area contributed by atoms with Crippen molar-refractivity contribution in [3.05, 3.63) is 58.1 Å². The van der Waals surface area contributed by atoms with E-state index < -0.39 is 0 Å². The number of anilines is 1. The SMILES string of the molecule is C#CCOc1ccc(Cl)cc1CNc1ccc(C)c(C)c1. The molecule has 3 heteroatoms. The van der Waals surface area contributed by atoms with Crippen LogP contribution >= 0.6 is 11.6 Å². The van der Waals surface area contributed by atoms with Gasteiger partial charge in [0.25, 0.3) is 0 Å². The predicted octanol–water partition coefficient (Wildman–Crippen LogP) is 4.58. The van der Waals surface area contributed by atoms with E-state index in [-0.39, 0.29) is 6.61 Å². The molecule has 2 rings (SSSR count). The molecule has 2 nitrogen and oxygen atoms in total. The molecule has 0 aliphatic carbocycles. The van der Waals surface area contributed by atoms with Crippen molar-refractivity contribution in [2.45, 2.75) is 20.4 Å². The van der Waals surface area contributed by atoms with E-state index in [9.17, 15) is 0 Å². The van der Waals surface area contributed by atoms with Crippen molar-refractivity contribution in [2.75, 3.05) is 11.9 Å². The van der Waals surface area contributed by atoms with Crippen LogP contribution in [0.25, 0.3) is 0 Å². The summed E-state index contributed by atoms with van der Waals surface area (Å²) in [7, 11) is 0. The first-order valence-electron chi connectivity index (χ1n) is 6.76. The molecule has 0 fully saturated rings. The standard InChI is InChI=1S/C18H18ClNO/c1-4-9-21-18-8-6-16(19)11-15(18)12-20-17-7-5-13(2)14(3)10-17/h1,5-8,10-11,20H,9,12H2,2-3H3. The van der Waals surface area contributed by atoms with E-state index in [2.05, 4.69) is 43.3 Å². The molecule has 0 saturated carbocycles. The Hall–Kier alpha value is -2.11. The Kier molecular flexibility index (Phi) is 5.14. The van der Waals surface area contributed by atoms with Gasteiger partial charge in [-0.3, -0.25) is 0 Å². The summed E-state index contributed by atoms with van der Waals surface area (Å²) in [6.45, 7) is 5.07. The topological polar surface area (TPSA) is 21.3 Å². The fourth-order valence-electron chi connectivity index (χ4n) is 2.00. The number of aryl methyl sites for hydroxylation is 2. The van der Waals surface area contributed by atoms with Crippen LogP contribution in [0.3, 0.4) is 0 Å². The molecule has 0 heterocycles. The van der Waals surface area contributed by atoms with Gasteiger partial charge in [0.15, 0.2) is 0 Å². The molecule has 0 unspecified atom stereocenters. The average molecular weight is 300 g/mol. The van der Waals surface area contributed by atoms with Crippen LogP contribution in [0.15, 0.2) is 36.4 Å². The highest BCUT2D eigenvalue weighted by Gasteiger charge is 2.05. The normalized spacial score (nSPS) is 10.0. The fraction of sp³-hybridized carbons (Fsp3) is 0.222. The molecule has 0 spiro atoms. The second kappa shape index (κ2) is 7.06. The number of ether oxygens (including phenoxy) is 1. The van der Waals surface area contributed by atoms with Crippen LogP contribution in [-0.4, -0.2) is 6.61 Å². The highest BCUT2D eigenvalue weighted by molar-refractivity contribution is 6.30. The molecule has 0 bridgehead atoms. The van der Waals surface area contributed by atoms with Crippen LogP contribution in [-0.2, 0) is 6.54 Å². The Morgan fingerprint density at radius 3 is 2.67 bits per heavy atom. The summed E-state index contributed by atoms with van der Waals surface area (Å²) < 4.78 is 5.54. The first-order valence-corrected chi connectivity index (χ1v) is 7.14. The molecule has 2 aromatic rings. The molecule has 21 heavy (non-hydrogen) atoms. The maximum absolute atomic E-state index is 6.05. The summed E-state index contributed by atoms with van der Waals surface area (Å²) in [5, 5.41) is 4.06. The summed E-state index contributed by atoms with van der Waals surface area (Å²) in [6, 6.07) is 11.8. The zero-order chi connectivity index (χ0) is 15.2. The minimum atomic E-state index is 0.248. The minimum absolute atomic E-state index is 0.248. The van der Waals surface area contributed by atoms with Crippen LogP contribution in [0.2, 0.25) is 5.02 Å². The van der Waals surface area contributed by atoms with Crippen molar-refractivity contribution in [2.24, 2.45) is 0 Å². The average Bonchev–Trinajstić information content (AvgIpc) is 2.47. The molecular formula is C18H18ClNO. The highest BCUT2D eigenvalue weighted by Crippen LogP contribution is 2.24. The summed E-state index contributed by atoms with van der Waals surface area (Å²) in [4.78, 5) is 0. The van der Waals surface area contributed by atoms with Gasteiger partial charge >= 0.3 is 0 Å². The van der Waals surface area contributed by atoms with Crippen molar-refractivity contribution in [1.29, 1.82) is 0 Å². The zero-order valence-corrected chi connectivity index (χ0v) is 13.0. The van der Waals surface area contributed by atoms with E-state index in [0.29, 0.717) is 11.6 Å². The molecule has 0 saturated heterocycles. The summed E-state index contributed by atoms with van der Waals surface area (Å²) in [5.74, 6) is 3.23. The van der Waals surface area contributed by atoms with Crippen LogP contribution < -0.4 is 10.1 Å². The molecule has 1 N–H and O–H groups in total. The number of terminal acetylenes is 1. The Bertz CT molecular complexity index is 673. The van der Waals surface area contributed by atoms with Gasteiger partial charge in [-0.25, -0.2) is 0 Å². The number of rotatable bonds is 5. The minimum Gasteiger partial charge on any atom is -0.481 e. The van der Waals surface area contributed by atoms with E-state index in [1.54, 1.807) is 6.07 Å². The lowest BCUT2D eigenvalue weighted by molar-refractivity contribution is 0.366. The fourth-order valence-corrected chi connectivity index (χ4v) is 2.19. The van der Waals surface area contributed by atoms with Crippen LogP contribution in [0, 0.1) is 26.2 Å². The second-order valence-electron chi connectivity index (χ2n) is 4.90. The molecule has 108 valence electrons. The molecular weight excluding hydrogens is 282 g/mol. The maximum atomic E-state index is 6.05.